The van der Waals surface area contributed by atoms with E-state index in [1.165, 1.54) is 0 Å². The van der Waals surface area contributed by atoms with Crippen LogP contribution in [0.4, 0.5) is 5.69 Å². The lowest BCUT2D eigenvalue weighted by Gasteiger charge is -2.25. The van der Waals surface area contributed by atoms with Gasteiger partial charge in [-0.3, -0.25) is 4.79 Å². The number of rotatable bonds is 2. The number of hydrogen-bond donors (Lipinski definition) is 2. The molecule has 1 fully saturated rings. The van der Waals surface area contributed by atoms with E-state index in [2.05, 4.69) is 10.6 Å². The van der Waals surface area contributed by atoms with Gasteiger partial charge in [0.05, 0.1) is 0 Å². The van der Waals surface area contributed by atoms with E-state index < -0.39 is 0 Å². The normalized spacial score (nSPS) is 18.2. The SMILES string of the molecule is CNC(=S)N1CCCC1C(=O)Nc1ccc(Cl)cc1. The van der Waals surface area contributed by atoms with E-state index >= 15 is 0 Å². The summed E-state index contributed by atoms with van der Waals surface area (Å²) in [5, 5.41) is 7.09. The van der Waals surface area contributed by atoms with Gasteiger partial charge in [0.25, 0.3) is 0 Å². The number of nitrogens with zero attached hydrogens (tertiary/aromatic N) is 1. The van der Waals surface area contributed by atoms with Gasteiger partial charge in [0, 0.05) is 24.3 Å². The standard InChI is InChI=1S/C13H16ClN3OS/c1-15-13(19)17-8-2-3-11(17)12(18)16-10-6-4-9(14)5-7-10/h4-7,11H,2-3,8H2,1H3,(H,15,19)(H,16,18). The second-order valence-corrected chi connectivity index (χ2v) is 5.23. The molecule has 0 saturated carbocycles. The molecule has 0 spiro atoms. The van der Waals surface area contributed by atoms with E-state index in [1.54, 1.807) is 31.3 Å². The molecular formula is C13H16ClN3OS. The average molecular weight is 298 g/mol. The predicted molar refractivity (Wildman–Crippen MR) is 81.5 cm³/mol. The average Bonchev–Trinajstić information content (AvgIpc) is 2.90. The van der Waals surface area contributed by atoms with E-state index in [9.17, 15) is 4.79 Å². The zero-order valence-electron chi connectivity index (χ0n) is 10.6. The Morgan fingerprint density at radius 3 is 2.74 bits per heavy atom. The van der Waals surface area contributed by atoms with Gasteiger partial charge in [0.15, 0.2) is 5.11 Å². The zero-order chi connectivity index (χ0) is 13.8. The molecule has 4 nitrogen and oxygen atoms in total. The molecule has 2 N–H and O–H groups in total. The number of halogens is 1. The Labute approximate surface area is 123 Å². The minimum atomic E-state index is -0.198. The predicted octanol–water partition coefficient (Wildman–Crippen LogP) is 2.25. The molecule has 2 rings (SSSR count). The highest BCUT2D eigenvalue weighted by atomic mass is 35.5. The molecule has 1 aromatic carbocycles. The molecule has 0 aliphatic carbocycles. The molecule has 1 heterocycles. The zero-order valence-corrected chi connectivity index (χ0v) is 12.2. The van der Waals surface area contributed by atoms with Crippen molar-refractivity contribution in [3.05, 3.63) is 29.3 Å². The molecule has 1 atom stereocenters. The smallest absolute Gasteiger partial charge is 0.247 e. The van der Waals surface area contributed by atoms with Crippen LogP contribution in [0.2, 0.25) is 5.02 Å². The third-order valence-corrected chi connectivity index (χ3v) is 3.83. The molecule has 1 aliphatic heterocycles. The first-order chi connectivity index (χ1) is 9.11. The summed E-state index contributed by atoms with van der Waals surface area (Å²) in [6.07, 6.45) is 1.79. The van der Waals surface area contributed by atoms with Gasteiger partial charge in [-0.1, -0.05) is 11.6 Å². The summed E-state index contributed by atoms with van der Waals surface area (Å²) in [7, 11) is 1.77. The van der Waals surface area contributed by atoms with Crippen LogP contribution in [0, 0.1) is 0 Å². The molecule has 0 radical (unpaired) electrons. The lowest BCUT2D eigenvalue weighted by molar-refractivity contribution is -0.119. The maximum Gasteiger partial charge on any atom is 0.247 e. The number of carbonyl (C=O) groups excluding carboxylic acids is 1. The fourth-order valence-corrected chi connectivity index (χ4v) is 2.53. The van der Waals surface area contributed by atoms with Crippen molar-refractivity contribution in [1.82, 2.24) is 10.2 Å². The molecular weight excluding hydrogens is 282 g/mol. The van der Waals surface area contributed by atoms with Crippen LogP contribution in [-0.2, 0) is 4.79 Å². The second-order valence-electron chi connectivity index (χ2n) is 4.40. The minimum Gasteiger partial charge on any atom is -0.366 e. The van der Waals surface area contributed by atoms with Crippen LogP contribution in [0.25, 0.3) is 0 Å². The van der Waals surface area contributed by atoms with Crippen LogP contribution >= 0.6 is 23.8 Å². The first-order valence-electron chi connectivity index (χ1n) is 6.16. The van der Waals surface area contributed by atoms with Gasteiger partial charge < -0.3 is 15.5 Å². The van der Waals surface area contributed by atoms with Crippen molar-refractivity contribution in [3.63, 3.8) is 0 Å². The van der Waals surface area contributed by atoms with Crippen molar-refractivity contribution in [2.75, 3.05) is 18.9 Å². The minimum absolute atomic E-state index is 0.0302. The van der Waals surface area contributed by atoms with Crippen molar-refractivity contribution in [2.45, 2.75) is 18.9 Å². The molecule has 1 amide bonds. The van der Waals surface area contributed by atoms with E-state index in [0.29, 0.717) is 10.1 Å². The first kappa shape index (κ1) is 14.1. The molecule has 1 aromatic rings. The van der Waals surface area contributed by atoms with E-state index in [0.717, 1.165) is 25.1 Å². The molecule has 19 heavy (non-hydrogen) atoms. The number of likely N-dealkylation sites (tertiary alicyclic amines) is 1. The lowest BCUT2D eigenvalue weighted by Crippen LogP contribution is -2.46. The highest BCUT2D eigenvalue weighted by Gasteiger charge is 2.31. The largest absolute Gasteiger partial charge is 0.366 e. The Morgan fingerprint density at radius 1 is 1.42 bits per heavy atom. The molecule has 1 aliphatic rings. The van der Waals surface area contributed by atoms with Crippen molar-refractivity contribution >= 4 is 40.5 Å². The third-order valence-electron chi connectivity index (χ3n) is 3.14. The summed E-state index contributed by atoms with van der Waals surface area (Å²) in [6.45, 7) is 0.818. The van der Waals surface area contributed by atoms with Crippen LogP contribution in [0.5, 0.6) is 0 Å². The Kier molecular flexibility index (Phi) is 4.61. The molecule has 1 saturated heterocycles. The highest BCUT2D eigenvalue weighted by Crippen LogP contribution is 2.20. The fraction of sp³-hybridized carbons (Fsp3) is 0.385. The number of benzene rings is 1. The number of amides is 1. The van der Waals surface area contributed by atoms with Gasteiger partial charge in [-0.2, -0.15) is 0 Å². The van der Waals surface area contributed by atoms with Crippen LogP contribution in [0.1, 0.15) is 12.8 Å². The highest BCUT2D eigenvalue weighted by molar-refractivity contribution is 7.80. The summed E-state index contributed by atoms with van der Waals surface area (Å²) in [6, 6.07) is 6.88. The van der Waals surface area contributed by atoms with Crippen LogP contribution in [-0.4, -0.2) is 35.6 Å². The maximum absolute atomic E-state index is 12.3. The summed E-state index contributed by atoms with van der Waals surface area (Å²) in [5.41, 5.74) is 0.747. The van der Waals surface area contributed by atoms with Crippen LogP contribution in [0.15, 0.2) is 24.3 Å². The van der Waals surface area contributed by atoms with Gasteiger partial charge in [-0.05, 0) is 49.3 Å². The Hall–Kier alpha value is -1.33. The number of nitrogens with one attached hydrogen (secondary N) is 2. The molecule has 1 unspecified atom stereocenters. The molecule has 0 aromatic heterocycles. The van der Waals surface area contributed by atoms with Crippen molar-refractivity contribution in [3.8, 4) is 0 Å². The van der Waals surface area contributed by atoms with E-state index in [4.69, 9.17) is 23.8 Å². The van der Waals surface area contributed by atoms with Crippen LogP contribution < -0.4 is 10.6 Å². The van der Waals surface area contributed by atoms with Crippen molar-refractivity contribution in [1.29, 1.82) is 0 Å². The van der Waals surface area contributed by atoms with Gasteiger partial charge in [0.1, 0.15) is 6.04 Å². The summed E-state index contributed by atoms with van der Waals surface area (Å²) >= 11 is 11.0. The van der Waals surface area contributed by atoms with Gasteiger partial charge in [-0.25, -0.2) is 0 Å². The lowest BCUT2D eigenvalue weighted by atomic mass is 10.2. The third kappa shape index (κ3) is 3.36. The topological polar surface area (TPSA) is 44.4 Å². The second kappa shape index (κ2) is 6.21. The van der Waals surface area contributed by atoms with Gasteiger partial charge in [0.2, 0.25) is 5.91 Å². The maximum atomic E-state index is 12.3. The number of anilines is 1. The Morgan fingerprint density at radius 2 is 2.11 bits per heavy atom. The number of thiocarbonyl (C=S) groups is 1. The monoisotopic (exact) mass is 297 g/mol. The van der Waals surface area contributed by atoms with Crippen molar-refractivity contribution in [2.24, 2.45) is 0 Å². The number of hydrogen-bond acceptors (Lipinski definition) is 2. The van der Waals surface area contributed by atoms with E-state index in [1.807, 2.05) is 4.90 Å². The van der Waals surface area contributed by atoms with Crippen LogP contribution in [0.3, 0.4) is 0 Å². The molecule has 0 bridgehead atoms. The molecule has 102 valence electrons. The molecule has 6 heteroatoms. The van der Waals surface area contributed by atoms with Crippen molar-refractivity contribution < 1.29 is 4.79 Å². The fourth-order valence-electron chi connectivity index (χ4n) is 2.18. The first-order valence-corrected chi connectivity index (χ1v) is 6.95. The summed E-state index contributed by atoms with van der Waals surface area (Å²) in [4.78, 5) is 14.2. The summed E-state index contributed by atoms with van der Waals surface area (Å²) in [5.74, 6) is -0.0302. The van der Waals surface area contributed by atoms with Gasteiger partial charge in [-0.15, -0.1) is 0 Å². The Bertz CT molecular complexity index is 477. The Balaban J connectivity index is 2.03. The number of carbonyl (C=O) groups is 1. The van der Waals surface area contributed by atoms with E-state index in [-0.39, 0.29) is 11.9 Å². The summed E-state index contributed by atoms with van der Waals surface area (Å²) < 4.78 is 0. The van der Waals surface area contributed by atoms with Gasteiger partial charge >= 0.3 is 0 Å². The quantitative estimate of drug-likeness (QED) is 0.822.